The van der Waals surface area contributed by atoms with E-state index in [4.69, 9.17) is 4.74 Å². The third-order valence-corrected chi connectivity index (χ3v) is 3.59. The van der Waals surface area contributed by atoms with Crippen molar-refractivity contribution in [3.63, 3.8) is 0 Å². The summed E-state index contributed by atoms with van der Waals surface area (Å²) in [4.78, 5) is 4.09. The summed E-state index contributed by atoms with van der Waals surface area (Å²) in [6.07, 6.45) is 3.42. The lowest BCUT2D eigenvalue weighted by Gasteiger charge is -2.29. The van der Waals surface area contributed by atoms with E-state index in [2.05, 4.69) is 20.9 Å². The molecule has 2 unspecified atom stereocenters. The molecular formula is C14H12BrNO2. The van der Waals surface area contributed by atoms with Gasteiger partial charge in [0.15, 0.2) is 0 Å². The lowest BCUT2D eigenvalue weighted by atomic mass is 9.96. The number of nitrogens with zero attached hydrogens (tertiary/aromatic N) is 1. The highest BCUT2D eigenvalue weighted by atomic mass is 79.9. The predicted octanol–water partition coefficient (Wildman–Crippen LogP) is 3.40. The summed E-state index contributed by atoms with van der Waals surface area (Å²) < 4.78 is 6.87. The first-order valence-electron chi connectivity index (χ1n) is 5.78. The minimum absolute atomic E-state index is 0.137. The van der Waals surface area contributed by atoms with Crippen molar-refractivity contribution in [3.05, 3.63) is 58.3 Å². The van der Waals surface area contributed by atoms with Gasteiger partial charge in [-0.15, -0.1) is 0 Å². The fourth-order valence-corrected chi connectivity index (χ4v) is 2.57. The normalized spacial score (nSPS) is 22.1. The van der Waals surface area contributed by atoms with Crippen LogP contribution in [0.25, 0.3) is 0 Å². The first-order chi connectivity index (χ1) is 8.74. The van der Waals surface area contributed by atoms with Gasteiger partial charge >= 0.3 is 0 Å². The van der Waals surface area contributed by atoms with Gasteiger partial charge in [0.2, 0.25) is 0 Å². The van der Waals surface area contributed by atoms with Crippen molar-refractivity contribution in [1.82, 2.24) is 4.98 Å². The van der Waals surface area contributed by atoms with Crippen LogP contribution in [0.3, 0.4) is 0 Å². The Kier molecular flexibility index (Phi) is 3.06. The van der Waals surface area contributed by atoms with Crippen LogP contribution in [-0.2, 0) is 0 Å². The van der Waals surface area contributed by atoms with Gasteiger partial charge in [-0.2, -0.15) is 0 Å². The Labute approximate surface area is 114 Å². The highest BCUT2D eigenvalue weighted by Crippen LogP contribution is 2.41. The molecule has 0 bridgehead atoms. The maximum Gasteiger partial charge on any atom is 0.128 e. The van der Waals surface area contributed by atoms with Gasteiger partial charge in [-0.25, -0.2) is 0 Å². The fourth-order valence-electron chi connectivity index (χ4n) is 2.19. The monoisotopic (exact) mass is 305 g/mol. The summed E-state index contributed by atoms with van der Waals surface area (Å²) in [7, 11) is 0. The van der Waals surface area contributed by atoms with Crippen LogP contribution >= 0.6 is 15.9 Å². The molecule has 2 aromatic rings. The first kappa shape index (κ1) is 11.7. The molecule has 0 fully saturated rings. The number of aliphatic hydroxyl groups is 1. The molecular weight excluding hydrogens is 294 g/mol. The largest absolute Gasteiger partial charge is 0.485 e. The number of aromatic nitrogens is 1. The number of hydrogen-bond acceptors (Lipinski definition) is 3. The van der Waals surface area contributed by atoms with E-state index in [1.54, 1.807) is 12.4 Å². The maximum atomic E-state index is 10.2. The minimum atomic E-state index is -0.503. The number of pyridine rings is 1. The Morgan fingerprint density at radius 3 is 3.00 bits per heavy atom. The van der Waals surface area contributed by atoms with Gasteiger partial charge in [0.25, 0.3) is 0 Å². The quantitative estimate of drug-likeness (QED) is 0.878. The van der Waals surface area contributed by atoms with E-state index in [0.717, 1.165) is 21.3 Å². The van der Waals surface area contributed by atoms with Crippen molar-refractivity contribution in [1.29, 1.82) is 0 Å². The minimum Gasteiger partial charge on any atom is -0.485 e. The Bertz CT molecular complexity index is 559. The van der Waals surface area contributed by atoms with E-state index < -0.39 is 6.10 Å². The van der Waals surface area contributed by atoms with Crippen LogP contribution in [-0.4, -0.2) is 10.1 Å². The molecule has 0 saturated heterocycles. The van der Waals surface area contributed by atoms with Crippen molar-refractivity contribution in [2.45, 2.75) is 18.6 Å². The van der Waals surface area contributed by atoms with Crippen LogP contribution in [0.1, 0.15) is 29.8 Å². The Morgan fingerprint density at radius 1 is 1.33 bits per heavy atom. The second-order valence-electron chi connectivity index (χ2n) is 4.33. The van der Waals surface area contributed by atoms with Crippen LogP contribution in [0.2, 0.25) is 0 Å². The Balaban J connectivity index is 1.95. The summed E-state index contributed by atoms with van der Waals surface area (Å²) in [6, 6.07) is 9.54. The summed E-state index contributed by atoms with van der Waals surface area (Å²) in [5, 5.41) is 10.2. The average molecular weight is 306 g/mol. The molecule has 1 N–H and O–H groups in total. The van der Waals surface area contributed by atoms with E-state index in [1.807, 2.05) is 30.3 Å². The zero-order valence-electron chi connectivity index (χ0n) is 9.58. The van der Waals surface area contributed by atoms with E-state index in [-0.39, 0.29) is 6.10 Å². The molecule has 0 spiro atoms. The molecule has 3 nitrogen and oxygen atoms in total. The first-order valence-corrected chi connectivity index (χ1v) is 6.57. The number of fused-ring (bicyclic) bond motifs is 1. The zero-order valence-corrected chi connectivity index (χ0v) is 11.2. The van der Waals surface area contributed by atoms with Gasteiger partial charge in [-0.3, -0.25) is 4.98 Å². The number of hydrogen-bond donors (Lipinski definition) is 1. The van der Waals surface area contributed by atoms with Gasteiger partial charge in [0.1, 0.15) is 11.9 Å². The van der Waals surface area contributed by atoms with Gasteiger partial charge in [0, 0.05) is 34.4 Å². The average Bonchev–Trinajstić information content (AvgIpc) is 2.40. The van der Waals surface area contributed by atoms with E-state index in [1.165, 1.54) is 0 Å². The number of ether oxygens (including phenoxy) is 1. The van der Waals surface area contributed by atoms with Crippen molar-refractivity contribution in [2.75, 3.05) is 0 Å². The molecule has 2 heterocycles. The zero-order chi connectivity index (χ0) is 12.5. The van der Waals surface area contributed by atoms with Crippen LogP contribution < -0.4 is 4.74 Å². The van der Waals surface area contributed by atoms with Gasteiger partial charge < -0.3 is 9.84 Å². The van der Waals surface area contributed by atoms with Crippen molar-refractivity contribution >= 4 is 15.9 Å². The molecule has 1 aliphatic heterocycles. The number of halogens is 1. The molecule has 0 radical (unpaired) electrons. The molecule has 92 valence electrons. The smallest absolute Gasteiger partial charge is 0.128 e. The van der Waals surface area contributed by atoms with Crippen molar-refractivity contribution in [3.8, 4) is 5.75 Å². The summed E-state index contributed by atoms with van der Waals surface area (Å²) in [5.41, 5.74) is 1.83. The predicted molar refractivity (Wildman–Crippen MR) is 71.3 cm³/mol. The third-order valence-electron chi connectivity index (χ3n) is 3.09. The van der Waals surface area contributed by atoms with Crippen LogP contribution in [0.15, 0.2) is 47.2 Å². The lowest BCUT2D eigenvalue weighted by molar-refractivity contribution is 0.0655. The van der Waals surface area contributed by atoms with Gasteiger partial charge in [0.05, 0.1) is 6.10 Å². The lowest BCUT2D eigenvalue weighted by Crippen LogP contribution is -2.19. The standard InChI is InChI=1S/C14H12BrNO2/c15-10-3-4-13-11(6-10)12(17)7-14(18-13)9-2-1-5-16-8-9/h1-6,8,12,14,17H,7H2. The molecule has 1 aromatic heterocycles. The highest BCUT2D eigenvalue weighted by molar-refractivity contribution is 9.10. The molecule has 1 aromatic carbocycles. The molecule has 4 heteroatoms. The summed E-state index contributed by atoms with van der Waals surface area (Å²) in [6.45, 7) is 0. The van der Waals surface area contributed by atoms with E-state index >= 15 is 0 Å². The second kappa shape index (κ2) is 4.71. The SMILES string of the molecule is OC1CC(c2cccnc2)Oc2ccc(Br)cc21. The molecule has 0 amide bonds. The summed E-state index contributed by atoms with van der Waals surface area (Å²) >= 11 is 3.40. The number of aliphatic hydroxyl groups excluding tert-OH is 1. The molecule has 18 heavy (non-hydrogen) atoms. The number of benzene rings is 1. The van der Waals surface area contributed by atoms with Crippen molar-refractivity contribution in [2.24, 2.45) is 0 Å². The van der Waals surface area contributed by atoms with E-state index in [0.29, 0.717) is 6.42 Å². The van der Waals surface area contributed by atoms with Gasteiger partial charge in [-0.05, 0) is 24.3 Å². The second-order valence-corrected chi connectivity index (χ2v) is 5.24. The molecule has 2 atom stereocenters. The van der Waals surface area contributed by atoms with E-state index in [9.17, 15) is 5.11 Å². The molecule has 0 saturated carbocycles. The number of rotatable bonds is 1. The third kappa shape index (κ3) is 2.13. The fraction of sp³-hybridized carbons (Fsp3) is 0.214. The molecule has 1 aliphatic rings. The van der Waals surface area contributed by atoms with Crippen LogP contribution in [0, 0.1) is 0 Å². The highest BCUT2D eigenvalue weighted by Gasteiger charge is 2.28. The van der Waals surface area contributed by atoms with Crippen LogP contribution in [0.5, 0.6) is 5.75 Å². The molecule has 0 aliphatic carbocycles. The topological polar surface area (TPSA) is 42.4 Å². The molecule has 3 rings (SSSR count). The summed E-state index contributed by atoms with van der Waals surface area (Å²) in [5.74, 6) is 0.741. The Hall–Kier alpha value is -1.39. The van der Waals surface area contributed by atoms with Crippen LogP contribution in [0.4, 0.5) is 0 Å². The van der Waals surface area contributed by atoms with Crippen molar-refractivity contribution < 1.29 is 9.84 Å². The maximum absolute atomic E-state index is 10.2. The van der Waals surface area contributed by atoms with Gasteiger partial charge in [-0.1, -0.05) is 22.0 Å². The Morgan fingerprint density at radius 2 is 2.22 bits per heavy atom.